The first kappa shape index (κ1) is 10.8. The summed E-state index contributed by atoms with van der Waals surface area (Å²) in [6.07, 6.45) is 8.01. The van der Waals surface area contributed by atoms with Crippen LogP contribution in [-0.4, -0.2) is 35.1 Å². The van der Waals surface area contributed by atoms with Crippen molar-refractivity contribution in [1.82, 2.24) is 15.2 Å². The largest absolute Gasteiger partial charge is 0.365 e. The van der Waals surface area contributed by atoms with Crippen LogP contribution in [0.5, 0.6) is 0 Å². The molecule has 1 atom stereocenters. The summed E-state index contributed by atoms with van der Waals surface area (Å²) in [5.41, 5.74) is 0.302. The van der Waals surface area contributed by atoms with Crippen molar-refractivity contribution in [3.8, 4) is 0 Å². The van der Waals surface area contributed by atoms with Gasteiger partial charge in [0.05, 0.1) is 5.54 Å². The van der Waals surface area contributed by atoms with E-state index in [0.717, 1.165) is 23.3 Å². The second-order valence-corrected chi connectivity index (χ2v) is 6.51. The van der Waals surface area contributed by atoms with Gasteiger partial charge >= 0.3 is 0 Å². The van der Waals surface area contributed by atoms with E-state index in [1.165, 1.54) is 32.5 Å². The van der Waals surface area contributed by atoms with Gasteiger partial charge in [0, 0.05) is 18.1 Å². The summed E-state index contributed by atoms with van der Waals surface area (Å²) in [7, 11) is 0. The summed E-state index contributed by atoms with van der Waals surface area (Å²) in [4.78, 5) is 6.88. The Morgan fingerprint density at radius 3 is 3.00 bits per heavy atom. The third kappa shape index (κ3) is 1.65. The van der Waals surface area contributed by atoms with Crippen molar-refractivity contribution in [2.45, 2.75) is 24.8 Å². The van der Waals surface area contributed by atoms with E-state index in [2.05, 4.69) is 26.6 Å². The van der Waals surface area contributed by atoms with Crippen LogP contribution in [0.15, 0.2) is 23.5 Å². The summed E-state index contributed by atoms with van der Waals surface area (Å²) in [6, 6.07) is 0. The molecule has 4 nitrogen and oxygen atoms in total. The van der Waals surface area contributed by atoms with Gasteiger partial charge in [0.15, 0.2) is 5.13 Å². The number of aromatic nitrogens is 1. The van der Waals surface area contributed by atoms with Crippen LogP contribution in [0, 0.1) is 5.92 Å². The first-order chi connectivity index (χ1) is 8.84. The smallest absolute Gasteiger partial charge is 0.188 e. The van der Waals surface area contributed by atoms with Crippen molar-refractivity contribution >= 4 is 16.5 Å². The number of hydrogen-bond donors (Lipinski definition) is 2. The lowest BCUT2D eigenvalue weighted by molar-refractivity contribution is 0.0189. The maximum atomic E-state index is 4.28. The van der Waals surface area contributed by atoms with Crippen molar-refractivity contribution in [2.24, 2.45) is 5.92 Å². The van der Waals surface area contributed by atoms with E-state index in [1.54, 1.807) is 11.3 Å². The second-order valence-electron chi connectivity index (χ2n) is 5.62. The van der Waals surface area contributed by atoms with E-state index in [0.29, 0.717) is 5.54 Å². The van der Waals surface area contributed by atoms with E-state index in [4.69, 9.17) is 0 Å². The molecule has 5 heteroatoms. The minimum atomic E-state index is 0.302. The summed E-state index contributed by atoms with van der Waals surface area (Å²) >= 11 is 1.65. The Kier molecular flexibility index (Phi) is 2.38. The molecule has 96 valence electrons. The zero-order valence-corrected chi connectivity index (χ0v) is 11.2. The van der Waals surface area contributed by atoms with Crippen LogP contribution in [0.4, 0.5) is 5.13 Å². The van der Waals surface area contributed by atoms with E-state index < -0.39 is 0 Å². The minimum Gasteiger partial charge on any atom is -0.365 e. The number of hydrogen-bond acceptors (Lipinski definition) is 5. The minimum absolute atomic E-state index is 0.302. The number of fused-ring (bicyclic) bond motifs is 2. The third-order valence-electron chi connectivity index (χ3n) is 4.60. The number of piperidine rings is 3. The fourth-order valence-electron chi connectivity index (χ4n) is 3.68. The predicted molar refractivity (Wildman–Crippen MR) is 73.5 cm³/mol. The first-order valence-electron chi connectivity index (χ1n) is 6.71. The van der Waals surface area contributed by atoms with E-state index >= 15 is 0 Å². The number of nitrogens with one attached hydrogen (secondary N) is 2. The molecule has 3 fully saturated rings. The van der Waals surface area contributed by atoms with Crippen molar-refractivity contribution in [3.05, 3.63) is 23.5 Å². The monoisotopic (exact) mass is 262 g/mol. The molecule has 0 aliphatic carbocycles. The number of rotatable bonds is 2. The van der Waals surface area contributed by atoms with E-state index in [-0.39, 0.29) is 0 Å². The van der Waals surface area contributed by atoms with Gasteiger partial charge in [0.25, 0.3) is 0 Å². The molecule has 3 saturated heterocycles. The highest BCUT2D eigenvalue weighted by atomic mass is 32.1. The standard InChI is InChI=1S/C13H18N4S/c1-4-13(9-17-6-2-10(13)3-7-17)16-11(1)15-12-14-5-8-18-12/h1,5,8,10,16H,2-4,6-7,9H2,(H,14,15). The van der Waals surface area contributed by atoms with E-state index in [1.807, 2.05) is 11.6 Å². The maximum absolute atomic E-state index is 4.28. The maximum Gasteiger partial charge on any atom is 0.188 e. The molecule has 5 heterocycles. The summed E-state index contributed by atoms with van der Waals surface area (Å²) < 4.78 is 0. The van der Waals surface area contributed by atoms with Crippen LogP contribution < -0.4 is 10.6 Å². The Hall–Kier alpha value is -1.07. The van der Waals surface area contributed by atoms with Crippen LogP contribution >= 0.6 is 11.3 Å². The molecule has 5 rings (SSSR count). The van der Waals surface area contributed by atoms with Crippen LogP contribution in [0.3, 0.4) is 0 Å². The molecule has 2 bridgehead atoms. The molecular weight excluding hydrogens is 244 g/mol. The molecule has 18 heavy (non-hydrogen) atoms. The average molecular weight is 262 g/mol. The van der Waals surface area contributed by atoms with Crippen LogP contribution in [-0.2, 0) is 0 Å². The van der Waals surface area contributed by atoms with Gasteiger partial charge in [0.1, 0.15) is 5.82 Å². The van der Waals surface area contributed by atoms with Crippen molar-refractivity contribution < 1.29 is 0 Å². The highest BCUT2D eigenvalue weighted by Gasteiger charge is 2.48. The van der Waals surface area contributed by atoms with Crippen molar-refractivity contribution in [3.63, 3.8) is 0 Å². The van der Waals surface area contributed by atoms with Gasteiger partial charge in [-0.3, -0.25) is 0 Å². The normalized spacial score (nSPS) is 37.7. The van der Waals surface area contributed by atoms with Crippen LogP contribution in [0.2, 0.25) is 0 Å². The topological polar surface area (TPSA) is 40.2 Å². The molecule has 2 N–H and O–H groups in total. The van der Waals surface area contributed by atoms with Crippen molar-refractivity contribution in [2.75, 3.05) is 25.0 Å². The van der Waals surface area contributed by atoms with Crippen LogP contribution in [0.25, 0.3) is 0 Å². The lowest BCUT2D eigenvalue weighted by atomic mass is 9.72. The SMILES string of the molecule is C1=C(Nc2nccs2)NC2(C1)CN1CCC2CC1. The van der Waals surface area contributed by atoms with Gasteiger partial charge in [-0.15, -0.1) is 11.3 Å². The zero-order chi connectivity index (χ0) is 12.0. The molecule has 1 unspecified atom stereocenters. The quantitative estimate of drug-likeness (QED) is 0.853. The van der Waals surface area contributed by atoms with Crippen LogP contribution in [0.1, 0.15) is 19.3 Å². The van der Waals surface area contributed by atoms with Gasteiger partial charge in [-0.2, -0.15) is 0 Å². The van der Waals surface area contributed by atoms with Gasteiger partial charge in [0.2, 0.25) is 0 Å². The summed E-state index contributed by atoms with van der Waals surface area (Å²) in [5, 5.41) is 10.1. The molecule has 4 aliphatic rings. The Labute approximate surface area is 111 Å². The second kappa shape index (κ2) is 3.96. The van der Waals surface area contributed by atoms with Gasteiger partial charge in [-0.25, -0.2) is 4.98 Å². The molecule has 1 spiro atoms. The van der Waals surface area contributed by atoms with Gasteiger partial charge in [-0.1, -0.05) is 0 Å². The van der Waals surface area contributed by atoms with Gasteiger partial charge < -0.3 is 15.5 Å². The molecule has 0 saturated carbocycles. The fraction of sp³-hybridized carbons (Fsp3) is 0.615. The Bertz CT molecular complexity index is 461. The third-order valence-corrected chi connectivity index (χ3v) is 5.29. The number of anilines is 1. The molecular formula is C13H18N4S. The average Bonchev–Trinajstić information content (AvgIpc) is 3.02. The number of thiazole rings is 1. The zero-order valence-electron chi connectivity index (χ0n) is 10.4. The first-order valence-corrected chi connectivity index (χ1v) is 7.59. The summed E-state index contributed by atoms with van der Waals surface area (Å²) in [6.45, 7) is 3.80. The highest BCUT2D eigenvalue weighted by Crippen LogP contribution is 2.41. The van der Waals surface area contributed by atoms with Gasteiger partial charge in [-0.05, 0) is 44.3 Å². The lowest BCUT2D eigenvalue weighted by Gasteiger charge is -2.52. The molecule has 4 aliphatic heterocycles. The Balaban J connectivity index is 1.48. The lowest BCUT2D eigenvalue weighted by Crippen LogP contribution is -2.64. The molecule has 1 aromatic rings. The fourth-order valence-corrected chi connectivity index (χ4v) is 4.22. The molecule has 0 amide bonds. The predicted octanol–water partition coefficient (Wildman–Crippen LogP) is 1.85. The highest BCUT2D eigenvalue weighted by molar-refractivity contribution is 7.13. The van der Waals surface area contributed by atoms with Crippen molar-refractivity contribution in [1.29, 1.82) is 0 Å². The Morgan fingerprint density at radius 2 is 2.33 bits per heavy atom. The molecule has 0 aromatic carbocycles. The van der Waals surface area contributed by atoms with E-state index in [9.17, 15) is 0 Å². The Morgan fingerprint density at radius 1 is 1.44 bits per heavy atom. The summed E-state index contributed by atoms with van der Waals surface area (Å²) in [5.74, 6) is 1.99. The number of nitrogens with zero attached hydrogens (tertiary/aromatic N) is 2. The molecule has 1 aromatic heterocycles. The molecule has 0 radical (unpaired) electrons.